The molecule has 0 unspecified atom stereocenters. The topological polar surface area (TPSA) is 93.4 Å². The molecule has 0 aromatic heterocycles. The lowest BCUT2D eigenvalue weighted by atomic mass is 10.1. The van der Waals surface area contributed by atoms with Crippen molar-refractivity contribution in [1.82, 2.24) is 5.32 Å². The molecule has 0 fully saturated rings. The third kappa shape index (κ3) is 2.63. The predicted octanol–water partition coefficient (Wildman–Crippen LogP) is 0.545. The lowest BCUT2D eigenvalue weighted by molar-refractivity contribution is 0.0963. The summed E-state index contributed by atoms with van der Waals surface area (Å²) in [6, 6.07) is 3.94. The molecule has 86 valence electrons. The molecule has 6 nitrogen and oxygen atoms in total. The normalized spacial score (nSPS) is 9.38. The van der Waals surface area contributed by atoms with Gasteiger partial charge in [-0.15, -0.1) is 0 Å². The number of carbonyl (C=O) groups excluding carboxylic acids is 2. The number of nitrogens with two attached hydrogens (primary N) is 1. The Morgan fingerprint density at radius 2 is 2.06 bits per heavy atom. The van der Waals surface area contributed by atoms with E-state index in [1.54, 1.807) is 12.1 Å². The molecule has 16 heavy (non-hydrogen) atoms. The molecule has 0 radical (unpaired) electrons. The van der Waals surface area contributed by atoms with Gasteiger partial charge in [0.2, 0.25) is 0 Å². The van der Waals surface area contributed by atoms with Crippen LogP contribution in [0.3, 0.4) is 0 Å². The summed E-state index contributed by atoms with van der Waals surface area (Å²) in [5, 5.41) is 4.85. The van der Waals surface area contributed by atoms with E-state index in [0.717, 1.165) is 0 Å². The maximum absolute atomic E-state index is 11.4. The first-order valence-electron chi connectivity index (χ1n) is 4.55. The first-order chi connectivity index (χ1) is 7.58. The zero-order valence-electron chi connectivity index (χ0n) is 9.03. The number of nitrogens with one attached hydrogen (secondary N) is 2. The van der Waals surface area contributed by atoms with Crippen molar-refractivity contribution < 1.29 is 14.3 Å². The summed E-state index contributed by atoms with van der Waals surface area (Å²) in [5.41, 5.74) is 5.77. The molecule has 6 heteroatoms. The third-order valence-electron chi connectivity index (χ3n) is 1.95. The Kier molecular flexibility index (Phi) is 3.71. The first-order valence-corrected chi connectivity index (χ1v) is 4.55. The van der Waals surface area contributed by atoms with Crippen LogP contribution in [0.2, 0.25) is 0 Å². The SMILES string of the molecule is CNC(=O)c1ccc(OC)c(NC(N)=O)c1. The van der Waals surface area contributed by atoms with Gasteiger partial charge in [-0.3, -0.25) is 4.79 Å². The van der Waals surface area contributed by atoms with Crippen LogP contribution in [0.25, 0.3) is 0 Å². The van der Waals surface area contributed by atoms with Gasteiger partial charge in [0, 0.05) is 12.6 Å². The number of urea groups is 1. The van der Waals surface area contributed by atoms with Crippen LogP contribution in [0.15, 0.2) is 18.2 Å². The van der Waals surface area contributed by atoms with E-state index in [1.807, 2.05) is 0 Å². The Labute approximate surface area is 92.8 Å². The number of benzene rings is 1. The Morgan fingerprint density at radius 3 is 2.56 bits per heavy atom. The zero-order chi connectivity index (χ0) is 12.1. The van der Waals surface area contributed by atoms with E-state index >= 15 is 0 Å². The van der Waals surface area contributed by atoms with Crippen molar-refractivity contribution in [2.75, 3.05) is 19.5 Å². The largest absolute Gasteiger partial charge is 0.495 e. The van der Waals surface area contributed by atoms with Gasteiger partial charge in [0.25, 0.3) is 5.91 Å². The van der Waals surface area contributed by atoms with E-state index in [0.29, 0.717) is 17.0 Å². The minimum absolute atomic E-state index is 0.254. The van der Waals surface area contributed by atoms with Gasteiger partial charge in [-0.2, -0.15) is 0 Å². The summed E-state index contributed by atoms with van der Waals surface area (Å²) in [7, 11) is 2.98. The Balaban J connectivity index is 3.10. The summed E-state index contributed by atoms with van der Waals surface area (Å²) in [6.07, 6.45) is 0. The van der Waals surface area contributed by atoms with E-state index < -0.39 is 6.03 Å². The van der Waals surface area contributed by atoms with Crippen molar-refractivity contribution in [3.63, 3.8) is 0 Å². The van der Waals surface area contributed by atoms with E-state index in [4.69, 9.17) is 10.5 Å². The van der Waals surface area contributed by atoms with Crippen molar-refractivity contribution in [2.24, 2.45) is 5.73 Å². The van der Waals surface area contributed by atoms with Crippen molar-refractivity contribution in [1.29, 1.82) is 0 Å². The second kappa shape index (κ2) is 5.01. The number of rotatable bonds is 3. The van der Waals surface area contributed by atoms with Crippen LogP contribution in [-0.4, -0.2) is 26.1 Å². The minimum Gasteiger partial charge on any atom is -0.495 e. The van der Waals surface area contributed by atoms with Crippen LogP contribution < -0.4 is 21.1 Å². The average molecular weight is 223 g/mol. The third-order valence-corrected chi connectivity index (χ3v) is 1.95. The van der Waals surface area contributed by atoms with Crippen molar-refractivity contribution in [3.05, 3.63) is 23.8 Å². The lowest BCUT2D eigenvalue weighted by Gasteiger charge is -2.10. The van der Waals surface area contributed by atoms with Crippen molar-refractivity contribution in [2.45, 2.75) is 0 Å². The Hall–Kier alpha value is -2.24. The molecule has 0 aliphatic rings. The summed E-state index contributed by atoms with van der Waals surface area (Å²) in [4.78, 5) is 22.1. The Morgan fingerprint density at radius 1 is 1.38 bits per heavy atom. The monoisotopic (exact) mass is 223 g/mol. The van der Waals surface area contributed by atoms with Gasteiger partial charge in [0.15, 0.2) is 0 Å². The van der Waals surface area contributed by atoms with Gasteiger partial charge in [0.05, 0.1) is 12.8 Å². The molecule has 4 N–H and O–H groups in total. The van der Waals surface area contributed by atoms with Crippen LogP contribution in [0, 0.1) is 0 Å². The van der Waals surface area contributed by atoms with E-state index in [2.05, 4.69) is 10.6 Å². The average Bonchev–Trinajstić information content (AvgIpc) is 2.27. The molecular weight excluding hydrogens is 210 g/mol. The molecule has 1 rings (SSSR count). The highest BCUT2D eigenvalue weighted by molar-refractivity contribution is 5.97. The van der Waals surface area contributed by atoms with Gasteiger partial charge in [-0.05, 0) is 18.2 Å². The van der Waals surface area contributed by atoms with E-state index in [-0.39, 0.29) is 5.91 Å². The van der Waals surface area contributed by atoms with Gasteiger partial charge in [-0.25, -0.2) is 4.79 Å². The highest BCUT2D eigenvalue weighted by Gasteiger charge is 2.09. The molecule has 0 spiro atoms. The van der Waals surface area contributed by atoms with Gasteiger partial charge >= 0.3 is 6.03 Å². The number of anilines is 1. The number of hydrogen-bond acceptors (Lipinski definition) is 3. The number of primary amides is 1. The molecule has 0 aliphatic carbocycles. The second-order valence-electron chi connectivity index (χ2n) is 2.98. The first kappa shape index (κ1) is 11.8. The fraction of sp³-hybridized carbons (Fsp3) is 0.200. The summed E-state index contributed by atoms with van der Waals surface area (Å²) >= 11 is 0. The number of carbonyl (C=O) groups is 2. The minimum atomic E-state index is -0.715. The summed E-state index contributed by atoms with van der Waals surface area (Å²) < 4.78 is 5.01. The number of hydrogen-bond donors (Lipinski definition) is 3. The molecule has 0 saturated heterocycles. The van der Waals surface area contributed by atoms with Crippen LogP contribution in [0.1, 0.15) is 10.4 Å². The van der Waals surface area contributed by atoms with Crippen LogP contribution in [0.4, 0.5) is 10.5 Å². The van der Waals surface area contributed by atoms with Crippen molar-refractivity contribution >= 4 is 17.6 Å². The maximum Gasteiger partial charge on any atom is 0.316 e. The van der Waals surface area contributed by atoms with Crippen LogP contribution >= 0.6 is 0 Å². The number of ether oxygens (including phenoxy) is 1. The molecule has 0 atom stereocenters. The number of amides is 3. The maximum atomic E-state index is 11.4. The highest BCUT2D eigenvalue weighted by Crippen LogP contribution is 2.25. The number of methoxy groups -OCH3 is 1. The van der Waals surface area contributed by atoms with Gasteiger partial charge in [-0.1, -0.05) is 0 Å². The zero-order valence-corrected chi connectivity index (χ0v) is 9.03. The fourth-order valence-electron chi connectivity index (χ4n) is 1.22. The molecule has 0 heterocycles. The molecule has 0 saturated carbocycles. The van der Waals surface area contributed by atoms with Crippen molar-refractivity contribution in [3.8, 4) is 5.75 Å². The fourth-order valence-corrected chi connectivity index (χ4v) is 1.22. The second-order valence-corrected chi connectivity index (χ2v) is 2.98. The molecule has 1 aromatic carbocycles. The van der Waals surface area contributed by atoms with Gasteiger partial charge < -0.3 is 21.1 Å². The standard InChI is InChI=1S/C10H13N3O3/c1-12-9(14)6-3-4-8(16-2)7(5-6)13-10(11)15/h3-5H,1-2H3,(H,12,14)(H3,11,13,15). The Bertz CT molecular complexity index is 418. The molecular formula is C10H13N3O3. The van der Waals surface area contributed by atoms with Gasteiger partial charge in [0.1, 0.15) is 5.75 Å². The van der Waals surface area contributed by atoms with Crippen LogP contribution in [-0.2, 0) is 0 Å². The summed E-state index contributed by atoms with van der Waals surface area (Å²) in [5.74, 6) is 0.182. The quantitative estimate of drug-likeness (QED) is 0.698. The molecule has 3 amide bonds. The van der Waals surface area contributed by atoms with E-state index in [9.17, 15) is 9.59 Å². The molecule has 1 aromatic rings. The van der Waals surface area contributed by atoms with Crippen LogP contribution in [0.5, 0.6) is 5.75 Å². The predicted molar refractivity (Wildman–Crippen MR) is 59.6 cm³/mol. The van der Waals surface area contributed by atoms with E-state index in [1.165, 1.54) is 20.2 Å². The lowest BCUT2D eigenvalue weighted by Crippen LogP contribution is -2.21. The molecule has 0 aliphatic heterocycles. The highest BCUT2D eigenvalue weighted by atomic mass is 16.5. The smallest absolute Gasteiger partial charge is 0.316 e. The molecule has 0 bridgehead atoms. The summed E-state index contributed by atoms with van der Waals surface area (Å²) in [6.45, 7) is 0.